The van der Waals surface area contributed by atoms with Crippen molar-refractivity contribution in [2.75, 3.05) is 0 Å². The van der Waals surface area contributed by atoms with Crippen LogP contribution in [0.15, 0.2) is 46.0 Å². The van der Waals surface area contributed by atoms with E-state index in [-0.39, 0.29) is 11.4 Å². The third-order valence-electron chi connectivity index (χ3n) is 2.97. The number of aromatic hydroxyl groups is 1. The summed E-state index contributed by atoms with van der Waals surface area (Å²) in [7, 11) is 0. The fraction of sp³-hybridized carbons (Fsp3) is 0.0769. The fourth-order valence-corrected chi connectivity index (χ4v) is 2.17. The first kappa shape index (κ1) is 10.6. The van der Waals surface area contributed by atoms with Crippen LogP contribution < -0.4 is 11.1 Å². The molecule has 0 radical (unpaired) electrons. The first-order valence-electron chi connectivity index (χ1n) is 5.46. The predicted octanol–water partition coefficient (Wildman–Crippen LogP) is 0.878. The van der Waals surface area contributed by atoms with Gasteiger partial charge in [-0.1, -0.05) is 30.3 Å². The van der Waals surface area contributed by atoms with E-state index < -0.39 is 11.1 Å². The van der Waals surface area contributed by atoms with Gasteiger partial charge in [0, 0.05) is 11.8 Å². The molecule has 90 valence electrons. The number of aromatic nitrogens is 2. The Balaban J connectivity index is 2.50. The zero-order chi connectivity index (χ0) is 12.9. The average molecular weight is 242 g/mol. The molecule has 0 saturated carbocycles. The maximum atomic E-state index is 12.2. The summed E-state index contributed by atoms with van der Waals surface area (Å²) in [6.07, 6.45) is 0. The van der Waals surface area contributed by atoms with E-state index in [1.165, 1.54) is 10.6 Å². The molecule has 2 aromatic heterocycles. The Morgan fingerprint density at radius 3 is 2.33 bits per heavy atom. The second kappa shape index (κ2) is 3.46. The van der Waals surface area contributed by atoms with Gasteiger partial charge in [0.05, 0.1) is 0 Å². The lowest BCUT2D eigenvalue weighted by atomic mass is 10.1. The highest BCUT2D eigenvalue weighted by atomic mass is 16.3. The first-order valence-corrected chi connectivity index (χ1v) is 5.46. The van der Waals surface area contributed by atoms with Crippen LogP contribution in [0.25, 0.3) is 11.1 Å². The number of fused-ring (bicyclic) bond motifs is 1. The number of hydrogen-bond donors (Lipinski definition) is 1. The Kier molecular flexibility index (Phi) is 2.04. The smallest absolute Gasteiger partial charge is 0.283 e. The van der Waals surface area contributed by atoms with Gasteiger partial charge in [-0.15, -0.1) is 0 Å². The van der Waals surface area contributed by atoms with Gasteiger partial charge in [-0.3, -0.25) is 9.59 Å². The van der Waals surface area contributed by atoms with E-state index in [9.17, 15) is 14.7 Å². The summed E-state index contributed by atoms with van der Waals surface area (Å²) < 4.78 is 2.17. The molecule has 1 N–H and O–H groups in total. The van der Waals surface area contributed by atoms with Crippen molar-refractivity contribution in [3.63, 3.8) is 0 Å². The summed E-state index contributed by atoms with van der Waals surface area (Å²) in [5, 5.41) is 10.1. The zero-order valence-corrected chi connectivity index (χ0v) is 9.62. The maximum Gasteiger partial charge on any atom is 0.283 e. The third kappa shape index (κ3) is 1.21. The minimum Gasteiger partial charge on any atom is -0.493 e. The highest BCUT2D eigenvalue weighted by Gasteiger charge is 2.20. The molecule has 1 aromatic carbocycles. The van der Waals surface area contributed by atoms with Crippen LogP contribution in [0.2, 0.25) is 0 Å². The van der Waals surface area contributed by atoms with Gasteiger partial charge in [-0.2, -0.15) is 4.52 Å². The van der Waals surface area contributed by atoms with Crippen molar-refractivity contribution >= 4 is 0 Å². The van der Waals surface area contributed by atoms with Gasteiger partial charge >= 0.3 is 0 Å². The molecule has 3 aromatic rings. The third-order valence-corrected chi connectivity index (χ3v) is 2.97. The maximum absolute atomic E-state index is 12.2. The number of benzene rings is 1. The number of hydrogen-bond acceptors (Lipinski definition) is 3. The van der Waals surface area contributed by atoms with Crippen molar-refractivity contribution in [1.82, 2.24) is 9.03 Å². The van der Waals surface area contributed by atoms with Crippen molar-refractivity contribution in [3.8, 4) is 17.0 Å². The quantitative estimate of drug-likeness (QED) is 0.689. The van der Waals surface area contributed by atoms with Gasteiger partial charge in [0.1, 0.15) is 5.56 Å². The molecule has 0 amide bonds. The molecular weight excluding hydrogens is 232 g/mol. The molecule has 0 unspecified atom stereocenters. The first-order chi connectivity index (χ1) is 8.61. The largest absolute Gasteiger partial charge is 0.493 e. The summed E-state index contributed by atoms with van der Waals surface area (Å²) in [5.74, 6) is -0.315. The van der Waals surface area contributed by atoms with Gasteiger partial charge in [-0.25, -0.2) is 4.52 Å². The van der Waals surface area contributed by atoms with Gasteiger partial charge < -0.3 is 5.11 Å². The number of nitrogens with zero attached hydrogens (tertiary/aromatic N) is 2. The van der Waals surface area contributed by atoms with E-state index in [4.69, 9.17) is 0 Å². The Bertz CT molecular complexity index is 831. The van der Waals surface area contributed by atoms with E-state index >= 15 is 0 Å². The second-order valence-corrected chi connectivity index (χ2v) is 4.12. The van der Waals surface area contributed by atoms with Crippen LogP contribution in [0.3, 0.4) is 0 Å². The highest BCUT2D eigenvalue weighted by molar-refractivity contribution is 5.67. The van der Waals surface area contributed by atoms with Crippen molar-refractivity contribution in [3.05, 3.63) is 62.8 Å². The van der Waals surface area contributed by atoms with Crippen molar-refractivity contribution < 1.29 is 5.11 Å². The van der Waals surface area contributed by atoms with Crippen LogP contribution in [0, 0.1) is 6.92 Å². The highest BCUT2D eigenvalue weighted by Crippen LogP contribution is 2.24. The second-order valence-electron chi connectivity index (χ2n) is 4.12. The molecule has 0 bridgehead atoms. The Labute approximate surface area is 101 Å². The normalized spacial score (nSPS) is 11.2. The minimum atomic E-state index is -0.413. The van der Waals surface area contributed by atoms with Gasteiger partial charge in [0.15, 0.2) is 0 Å². The van der Waals surface area contributed by atoms with Crippen LogP contribution in [0.5, 0.6) is 5.88 Å². The van der Waals surface area contributed by atoms with Crippen LogP contribution >= 0.6 is 0 Å². The van der Waals surface area contributed by atoms with Crippen LogP contribution in [-0.4, -0.2) is 14.1 Å². The predicted molar refractivity (Wildman–Crippen MR) is 66.4 cm³/mol. The molecule has 5 heteroatoms. The van der Waals surface area contributed by atoms with Gasteiger partial charge in [0.25, 0.3) is 11.1 Å². The van der Waals surface area contributed by atoms with Crippen molar-refractivity contribution in [2.24, 2.45) is 0 Å². The lowest BCUT2D eigenvalue weighted by molar-refractivity contribution is 0.434. The van der Waals surface area contributed by atoms with Crippen molar-refractivity contribution in [2.45, 2.75) is 6.92 Å². The standard InChI is InChI=1S/C13H10N2O3/c1-8-7-10(16)15-13(18)11(12(17)14(8)15)9-5-3-2-4-6-9/h2-7,18H,1H3. The molecule has 3 rings (SSSR count). The lowest BCUT2D eigenvalue weighted by Crippen LogP contribution is -2.15. The molecule has 2 heterocycles. The van der Waals surface area contributed by atoms with Crippen LogP contribution in [0.4, 0.5) is 0 Å². The van der Waals surface area contributed by atoms with E-state index in [0.29, 0.717) is 11.3 Å². The molecule has 0 aliphatic rings. The monoisotopic (exact) mass is 242 g/mol. The van der Waals surface area contributed by atoms with E-state index in [0.717, 1.165) is 4.52 Å². The summed E-state index contributed by atoms with van der Waals surface area (Å²) in [4.78, 5) is 23.9. The fourth-order valence-electron chi connectivity index (χ4n) is 2.17. The lowest BCUT2D eigenvalue weighted by Gasteiger charge is -1.95. The van der Waals surface area contributed by atoms with Crippen LogP contribution in [-0.2, 0) is 0 Å². The Hall–Kier alpha value is -2.56. The molecule has 0 atom stereocenters. The van der Waals surface area contributed by atoms with Gasteiger partial charge in [0.2, 0.25) is 5.88 Å². The molecule has 0 fully saturated rings. The molecule has 0 spiro atoms. The van der Waals surface area contributed by atoms with E-state index in [1.54, 1.807) is 31.2 Å². The summed E-state index contributed by atoms with van der Waals surface area (Å²) >= 11 is 0. The summed E-state index contributed by atoms with van der Waals surface area (Å²) in [6.45, 7) is 1.65. The van der Waals surface area contributed by atoms with Crippen LogP contribution in [0.1, 0.15) is 5.69 Å². The molecule has 0 saturated heterocycles. The Morgan fingerprint density at radius 2 is 1.72 bits per heavy atom. The number of aryl methyl sites for hydroxylation is 1. The minimum absolute atomic E-state index is 0.149. The average Bonchev–Trinajstić information content (AvgIpc) is 2.79. The Morgan fingerprint density at radius 1 is 1.06 bits per heavy atom. The molecule has 0 aliphatic carbocycles. The summed E-state index contributed by atoms with van der Waals surface area (Å²) in [6, 6.07) is 10.1. The SMILES string of the molecule is Cc1cc(=O)n2c(O)c(-c3ccccc3)c(=O)n12. The number of rotatable bonds is 1. The zero-order valence-electron chi connectivity index (χ0n) is 9.62. The molecule has 18 heavy (non-hydrogen) atoms. The summed E-state index contributed by atoms with van der Waals surface area (Å²) in [5.41, 5.74) is 0.441. The molecule has 5 nitrogen and oxygen atoms in total. The van der Waals surface area contributed by atoms with Crippen molar-refractivity contribution in [1.29, 1.82) is 0 Å². The van der Waals surface area contributed by atoms with E-state index in [2.05, 4.69) is 0 Å². The van der Waals surface area contributed by atoms with E-state index in [1.807, 2.05) is 6.07 Å². The topological polar surface area (TPSA) is 63.2 Å². The molecular formula is C13H10N2O3. The van der Waals surface area contributed by atoms with Gasteiger partial charge in [-0.05, 0) is 12.5 Å². The molecule has 0 aliphatic heterocycles.